The normalized spacial score (nSPS) is 13.2. The molecule has 244 valence electrons. The molecule has 8 nitrogen and oxygen atoms in total. The number of benzene rings is 3. The molecule has 0 saturated heterocycles. The number of rotatable bonds is 13. The van der Waals surface area contributed by atoms with E-state index in [1.807, 2.05) is 30.3 Å². The van der Waals surface area contributed by atoms with Crippen LogP contribution in [0.15, 0.2) is 78.9 Å². The number of ether oxygens (including phenoxy) is 2. The summed E-state index contributed by atoms with van der Waals surface area (Å²) in [4.78, 5) is 30.8. The zero-order valence-corrected chi connectivity index (χ0v) is 28.5. The van der Waals surface area contributed by atoms with E-state index in [1.165, 1.54) is 25.3 Å². The van der Waals surface area contributed by atoms with Gasteiger partial charge < -0.3 is 10.1 Å². The van der Waals surface area contributed by atoms with Crippen LogP contribution in [0, 0.1) is 5.82 Å². The number of Topliss-reactive ketones (excluding diaryl/α,β-unsaturated/α-hetero) is 1. The van der Waals surface area contributed by atoms with Crippen LogP contribution in [0.1, 0.15) is 60.8 Å². The first-order valence-corrected chi connectivity index (χ1v) is 17.1. The Labute approximate surface area is 280 Å². The van der Waals surface area contributed by atoms with Gasteiger partial charge in [0.15, 0.2) is 0 Å². The Morgan fingerprint density at radius 1 is 1.04 bits per heavy atom. The molecule has 4 aromatic rings. The van der Waals surface area contributed by atoms with E-state index in [-0.39, 0.29) is 35.9 Å². The fourth-order valence-electron chi connectivity index (χ4n) is 4.89. The molecule has 2 unspecified atom stereocenters. The number of carbonyl (C=O) groups excluding carboxylic acids is 2. The molecule has 1 heterocycles. The topological polar surface area (TPSA) is 115 Å². The Hall–Kier alpha value is -3.98. The predicted octanol–water partition coefficient (Wildman–Crippen LogP) is 7.28. The number of alkyl carbamates (subject to hydrolysis) is 1. The van der Waals surface area contributed by atoms with Gasteiger partial charge in [0.05, 0.1) is 10.6 Å². The van der Waals surface area contributed by atoms with Crippen LogP contribution < -0.4 is 15.4 Å². The van der Waals surface area contributed by atoms with Crippen LogP contribution in [0.25, 0.3) is 11.3 Å². The van der Waals surface area contributed by atoms with Crippen LogP contribution in [0.4, 0.5) is 9.18 Å². The minimum atomic E-state index is -1.59. The summed E-state index contributed by atoms with van der Waals surface area (Å²) in [5.74, 6) is -0.365. The monoisotopic (exact) mass is 676 g/mol. The van der Waals surface area contributed by atoms with Crippen LogP contribution in [0.5, 0.6) is 5.75 Å². The first-order valence-electron chi connectivity index (χ1n) is 14.8. The number of hydrogen-bond donors (Lipinski definition) is 2. The van der Waals surface area contributed by atoms with Gasteiger partial charge in [0.1, 0.15) is 12.4 Å². The predicted molar refractivity (Wildman–Crippen MR) is 182 cm³/mol. The van der Waals surface area contributed by atoms with Crippen molar-refractivity contribution in [3.05, 3.63) is 112 Å². The summed E-state index contributed by atoms with van der Waals surface area (Å²) in [6.07, 6.45) is -0.662. The second-order valence-electron chi connectivity index (χ2n) is 11.9. The number of amides is 1. The van der Waals surface area contributed by atoms with Gasteiger partial charge in [0.25, 0.3) is 0 Å². The Kier molecular flexibility index (Phi) is 11.7. The number of nitrogens with zero attached hydrogens (tertiary/aromatic N) is 1. The number of carbonyl (C=O) groups is 2. The van der Waals surface area contributed by atoms with Crippen molar-refractivity contribution in [2.24, 2.45) is 0 Å². The number of aromatic nitrogens is 1. The summed E-state index contributed by atoms with van der Waals surface area (Å²) < 4.78 is 36.2. The molecule has 0 spiro atoms. The number of aliphatic hydroxyl groups is 1. The van der Waals surface area contributed by atoms with Gasteiger partial charge in [-0.1, -0.05) is 41.9 Å². The molecule has 4 rings (SSSR count). The standard InChI is InChI=1S/C35H36BClFN2O6P/c1-34(2,40-33(42)46-21-22-9-7-6-8-10-22)25-19-28(23-11-13-27(38)26(37)17-23)39-32(20-25)35(3,43)16-15-29(41)24-12-14-31(47(5)36-44)30(18-24)45-4/h6-14,17-20,43H,15-16,21H2,1-5H3,(H,40,42). The van der Waals surface area contributed by atoms with Gasteiger partial charge in [-0.25, -0.2) is 9.18 Å². The molecule has 0 saturated carbocycles. The molecule has 1 amide bonds. The number of halogens is 2. The van der Waals surface area contributed by atoms with Crippen molar-refractivity contribution in [2.75, 3.05) is 13.8 Å². The first-order chi connectivity index (χ1) is 22.2. The molecule has 0 aliphatic heterocycles. The van der Waals surface area contributed by atoms with Gasteiger partial charge in [-0.15, -0.1) is 0 Å². The van der Waals surface area contributed by atoms with E-state index in [1.54, 1.807) is 57.8 Å². The molecule has 1 aromatic heterocycles. The average molecular weight is 677 g/mol. The van der Waals surface area contributed by atoms with Crippen LogP contribution >= 0.6 is 19.4 Å². The van der Waals surface area contributed by atoms with Gasteiger partial charge in [-0.3, -0.25) is 0 Å². The van der Waals surface area contributed by atoms with Crippen LogP contribution in [0.3, 0.4) is 0 Å². The second kappa shape index (κ2) is 15.3. The van der Waals surface area contributed by atoms with E-state index in [0.29, 0.717) is 28.1 Å². The molecule has 0 fully saturated rings. The fraction of sp³-hybridized carbons (Fsp3) is 0.286. The molecule has 2 N–H and O–H groups in total. The van der Waals surface area contributed by atoms with Crippen LogP contribution in [-0.2, 0) is 27.2 Å². The zero-order valence-electron chi connectivity index (χ0n) is 26.8. The Bertz CT molecular complexity index is 1770. The number of nitrogens with one attached hydrogen (secondary N) is 1. The quantitative estimate of drug-likeness (QED) is 0.0869. The van der Waals surface area contributed by atoms with E-state index >= 15 is 0 Å². The summed E-state index contributed by atoms with van der Waals surface area (Å²) in [5.41, 5.74) is 0.310. The van der Waals surface area contributed by atoms with E-state index in [9.17, 15) is 23.8 Å². The van der Waals surface area contributed by atoms with Gasteiger partial charge in [0, 0.05) is 5.56 Å². The van der Waals surface area contributed by atoms with Crippen molar-refractivity contribution in [1.29, 1.82) is 0 Å². The van der Waals surface area contributed by atoms with Crippen LogP contribution in [0.2, 0.25) is 5.02 Å². The molecule has 2 atom stereocenters. The Balaban J connectivity index is 1.62. The zero-order chi connectivity index (χ0) is 34.4. The third-order valence-electron chi connectivity index (χ3n) is 7.82. The molecular formula is C35H36BClFN2O6P. The van der Waals surface area contributed by atoms with E-state index in [4.69, 9.17) is 26.1 Å². The second-order valence-corrected chi connectivity index (χ2v) is 14.2. The molecule has 0 bridgehead atoms. The molecule has 0 aliphatic carbocycles. The number of methoxy groups -OCH3 is 1. The maximum absolute atomic E-state index is 14.0. The number of ketones is 1. The third kappa shape index (κ3) is 9.10. The summed E-state index contributed by atoms with van der Waals surface area (Å²) in [6, 6.07) is 21.8. The van der Waals surface area contributed by atoms with Crippen molar-refractivity contribution in [1.82, 2.24) is 10.3 Å². The summed E-state index contributed by atoms with van der Waals surface area (Å²) in [7, 11) is 0.407. The summed E-state index contributed by atoms with van der Waals surface area (Å²) in [6.45, 7) is 7.86. The molecule has 3 aromatic carbocycles. The Morgan fingerprint density at radius 3 is 2.43 bits per heavy atom. The van der Waals surface area contributed by atoms with Crippen molar-refractivity contribution in [2.45, 2.75) is 51.4 Å². The molecule has 12 heteroatoms. The Morgan fingerprint density at radius 2 is 1.77 bits per heavy atom. The number of pyridine rings is 1. The SMILES string of the molecule is COc1cc(C(=O)CCC(C)(O)c2cc(C(C)(C)NC(=O)OCc3ccccc3)cc(-c3ccc(F)c(Cl)c3)n2)ccc1P(C)B=O. The minimum absolute atomic E-state index is 0.0117. The van der Waals surface area contributed by atoms with Gasteiger partial charge in [-0.05, 0) is 43.7 Å². The summed E-state index contributed by atoms with van der Waals surface area (Å²) in [5, 5.41) is 15.2. The fourth-order valence-corrected chi connectivity index (χ4v) is 5.99. The van der Waals surface area contributed by atoms with Crippen molar-refractivity contribution in [3.63, 3.8) is 0 Å². The maximum atomic E-state index is 14.0. The van der Waals surface area contributed by atoms with Crippen molar-refractivity contribution in [3.8, 4) is 17.0 Å². The van der Waals surface area contributed by atoms with E-state index < -0.39 is 30.9 Å². The molecule has 0 aliphatic rings. The van der Waals surface area contributed by atoms with Crippen molar-refractivity contribution >= 4 is 43.5 Å². The average Bonchev–Trinajstić information content (AvgIpc) is 3.06. The third-order valence-corrected chi connectivity index (χ3v) is 9.56. The molecular weight excluding hydrogens is 641 g/mol. The van der Waals surface area contributed by atoms with Gasteiger partial charge in [-0.2, -0.15) is 0 Å². The molecule has 0 radical (unpaired) electrons. The van der Waals surface area contributed by atoms with Gasteiger partial charge >= 0.3 is 148 Å². The van der Waals surface area contributed by atoms with Gasteiger partial charge in [0.2, 0.25) is 0 Å². The van der Waals surface area contributed by atoms with E-state index in [2.05, 4.69) is 5.32 Å². The first kappa shape index (κ1) is 35.9. The summed E-state index contributed by atoms with van der Waals surface area (Å²) >= 11 is 6.09. The van der Waals surface area contributed by atoms with E-state index in [0.717, 1.165) is 17.7 Å². The van der Waals surface area contributed by atoms with Crippen LogP contribution in [-0.4, -0.2) is 42.6 Å². The number of hydrogen-bond acceptors (Lipinski definition) is 7. The molecule has 47 heavy (non-hydrogen) atoms. The van der Waals surface area contributed by atoms with Crippen molar-refractivity contribution < 1.29 is 33.3 Å².